The van der Waals surface area contributed by atoms with Crippen LogP contribution in [0.2, 0.25) is 0 Å². The van der Waals surface area contributed by atoms with Crippen molar-refractivity contribution in [2.45, 2.75) is 0 Å². The number of nitrogens with zero attached hydrogens (tertiary/aromatic N) is 2. The van der Waals surface area contributed by atoms with Gasteiger partial charge in [-0.2, -0.15) is 5.26 Å². The molecule has 0 aliphatic carbocycles. The van der Waals surface area contributed by atoms with E-state index in [2.05, 4.69) is 34.6 Å². The molecule has 6 rings (SSSR count). The van der Waals surface area contributed by atoms with Crippen LogP contribution in [0, 0.1) is 41.6 Å². The van der Waals surface area contributed by atoms with Gasteiger partial charge in [-0.1, -0.05) is 84.3 Å². The van der Waals surface area contributed by atoms with Crippen molar-refractivity contribution in [3.8, 4) is 29.8 Å². The minimum atomic E-state index is 0.550. The highest BCUT2D eigenvalue weighted by Gasteiger charge is 2.17. The maximum absolute atomic E-state index is 9.97. The summed E-state index contributed by atoms with van der Waals surface area (Å²) in [5, 5.41) is 15.5. The first-order chi connectivity index (χ1) is 17.8. The van der Waals surface area contributed by atoms with Gasteiger partial charge >= 0.3 is 0 Å². The van der Waals surface area contributed by atoms with Gasteiger partial charge in [-0.05, 0) is 63.3 Å². The predicted molar refractivity (Wildman–Crippen MR) is 146 cm³/mol. The van der Waals surface area contributed by atoms with E-state index < -0.39 is 0 Å². The van der Waals surface area contributed by atoms with Crippen LogP contribution in [0.1, 0.15) is 27.8 Å². The Labute approximate surface area is 209 Å². The Morgan fingerprint density at radius 2 is 1.00 bits per heavy atom. The lowest BCUT2D eigenvalue weighted by atomic mass is 9.87. The highest BCUT2D eigenvalue weighted by Crippen LogP contribution is 2.42. The summed E-state index contributed by atoms with van der Waals surface area (Å²) in [5.74, 6) is 13.0. The average Bonchev–Trinajstić information content (AvgIpc) is 2.94. The van der Waals surface area contributed by atoms with Crippen molar-refractivity contribution < 1.29 is 0 Å². The summed E-state index contributed by atoms with van der Waals surface area (Å²) < 4.78 is 0. The molecule has 0 saturated heterocycles. The molecule has 6 aromatic rings. The van der Waals surface area contributed by atoms with Crippen LogP contribution < -0.4 is 0 Å². The zero-order chi connectivity index (χ0) is 24.5. The number of rotatable bonds is 0. The highest BCUT2D eigenvalue weighted by atomic mass is 14.6. The summed E-state index contributed by atoms with van der Waals surface area (Å²) in [4.78, 5) is 3.82. The highest BCUT2D eigenvalue weighted by molar-refractivity contribution is 6.28. The fraction of sp³-hybridized carbons (Fsp3) is 0. The van der Waals surface area contributed by atoms with Crippen LogP contribution in [0.4, 0.5) is 5.69 Å². The zero-order valence-corrected chi connectivity index (χ0v) is 19.1. The van der Waals surface area contributed by atoms with Crippen LogP contribution in [0.25, 0.3) is 37.2 Å². The van der Waals surface area contributed by atoms with Gasteiger partial charge in [0.1, 0.15) is 0 Å². The molecule has 0 aliphatic rings. The molecule has 6 aromatic carbocycles. The molecular formula is C34H16N2. The molecule has 0 spiro atoms. The zero-order valence-electron chi connectivity index (χ0n) is 19.1. The van der Waals surface area contributed by atoms with E-state index in [1.807, 2.05) is 97.1 Å². The first-order valence-electron chi connectivity index (χ1n) is 11.5. The second kappa shape index (κ2) is 8.67. The van der Waals surface area contributed by atoms with Crippen molar-refractivity contribution in [2.75, 3.05) is 0 Å². The Balaban J connectivity index is 1.69. The molecule has 2 heteroatoms. The Hall–Kier alpha value is -5.54. The monoisotopic (exact) mass is 452 g/mol. The van der Waals surface area contributed by atoms with Gasteiger partial charge in [0.15, 0.2) is 5.69 Å². The van der Waals surface area contributed by atoms with Gasteiger partial charge in [0.2, 0.25) is 0 Å². The van der Waals surface area contributed by atoms with Crippen LogP contribution in [-0.2, 0) is 0 Å². The van der Waals surface area contributed by atoms with E-state index in [1.165, 1.54) is 0 Å². The van der Waals surface area contributed by atoms with Crippen molar-refractivity contribution in [2.24, 2.45) is 0 Å². The number of nitriles is 1. The van der Waals surface area contributed by atoms with Crippen LogP contribution in [-0.4, -0.2) is 0 Å². The van der Waals surface area contributed by atoms with E-state index in [9.17, 15) is 5.26 Å². The maximum atomic E-state index is 9.97. The molecule has 0 amide bonds. The lowest BCUT2D eigenvalue weighted by Gasteiger charge is -2.15. The lowest BCUT2D eigenvalue weighted by molar-refractivity contribution is 1.50. The summed E-state index contributed by atoms with van der Waals surface area (Å²) in [6.45, 7) is 7.83. The second-order valence-corrected chi connectivity index (χ2v) is 8.44. The van der Waals surface area contributed by atoms with Gasteiger partial charge in [0.05, 0.1) is 18.2 Å². The number of benzene rings is 6. The summed E-state index contributed by atoms with van der Waals surface area (Å²) in [6, 6.07) is 33.7. The third-order valence-corrected chi connectivity index (χ3v) is 6.35. The smallest absolute Gasteiger partial charge is 0.196 e. The number of hydrogen-bond acceptors (Lipinski definition) is 1. The molecule has 0 radical (unpaired) electrons. The van der Waals surface area contributed by atoms with Crippen LogP contribution in [0.3, 0.4) is 0 Å². The van der Waals surface area contributed by atoms with Gasteiger partial charge in [-0.25, -0.2) is 4.85 Å². The summed E-state index contributed by atoms with van der Waals surface area (Å²) in [6.07, 6.45) is 0. The summed E-state index contributed by atoms with van der Waals surface area (Å²) in [7, 11) is 0. The van der Waals surface area contributed by atoms with Crippen molar-refractivity contribution in [1.29, 1.82) is 5.26 Å². The first-order valence-corrected chi connectivity index (χ1v) is 11.5. The molecule has 0 saturated carbocycles. The third-order valence-electron chi connectivity index (χ3n) is 6.35. The van der Waals surface area contributed by atoms with Gasteiger partial charge in [0.25, 0.3) is 0 Å². The molecular weight excluding hydrogens is 436 g/mol. The molecule has 0 heterocycles. The first kappa shape index (κ1) is 21.0. The quantitative estimate of drug-likeness (QED) is 0.131. The summed E-state index contributed by atoms with van der Waals surface area (Å²) in [5.41, 5.74) is 4.54. The van der Waals surface area contributed by atoms with Crippen molar-refractivity contribution >= 4 is 38.0 Å². The minimum absolute atomic E-state index is 0.550. The Kier molecular flexibility index (Phi) is 5.06. The molecule has 36 heavy (non-hydrogen) atoms. The molecule has 0 bridgehead atoms. The van der Waals surface area contributed by atoms with Gasteiger partial charge in [0, 0.05) is 27.6 Å². The predicted octanol–water partition coefficient (Wildman–Crippen LogP) is 7.81. The van der Waals surface area contributed by atoms with E-state index in [0.717, 1.165) is 54.6 Å². The maximum Gasteiger partial charge on any atom is 0.196 e. The van der Waals surface area contributed by atoms with Crippen molar-refractivity contribution in [3.63, 3.8) is 0 Å². The van der Waals surface area contributed by atoms with Crippen LogP contribution in [0.15, 0.2) is 97.1 Å². The molecule has 0 N–H and O–H groups in total. The number of hydrogen-bond donors (Lipinski definition) is 0. The molecule has 0 fully saturated rings. The minimum Gasteiger partial charge on any atom is -0.237 e. The normalized spacial score (nSPS) is 10.3. The summed E-state index contributed by atoms with van der Waals surface area (Å²) >= 11 is 0. The largest absolute Gasteiger partial charge is 0.237 e. The second-order valence-electron chi connectivity index (χ2n) is 8.44. The van der Waals surface area contributed by atoms with Gasteiger partial charge in [-0.3, -0.25) is 0 Å². The molecule has 162 valence electrons. The molecule has 0 aliphatic heterocycles. The molecule has 2 nitrogen and oxygen atoms in total. The van der Waals surface area contributed by atoms with E-state index in [4.69, 9.17) is 6.57 Å². The molecule has 0 aromatic heterocycles. The molecule has 0 atom stereocenters. The van der Waals surface area contributed by atoms with Crippen molar-refractivity contribution in [3.05, 3.63) is 136 Å². The van der Waals surface area contributed by atoms with Crippen LogP contribution >= 0.6 is 0 Å². The SMILES string of the molecule is [C-]#[N+]c1cc(C#Cc2ccccc2)c2ccc3c(C#N)cc(C#Cc4ccccc4)c4ccc1c2c34. The topological polar surface area (TPSA) is 28.1 Å². The van der Waals surface area contributed by atoms with Gasteiger partial charge in [-0.15, -0.1) is 0 Å². The molecule has 0 unspecified atom stereocenters. The lowest BCUT2D eigenvalue weighted by Crippen LogP contribution is -1.92. The van der Waals surface area contributed by atoms with E-state index >= 15 is 0 Å². The average molecular weight is 453 g/mol. The van der Waals surface area contributed by atoms with Crippen LogP contribution in [0.5, 0.6) is 0 Å². The third kappa shape index (κ3) is 3.49. The Morgan fingerprint density at radius 3 is 1.53 bits per heavy atom. The Morgan fingerprint density at radius 1 is 0.528 bits per heavy atom. The van der Waals surface area contributed by atoms with E-state index in [-0.39, 0.29) is 0 Å². The van der Waals surface area contributed by atoms with E-state index in [0.29, 0.717) is 11.3 Å². The Bertz CT molecular complexity index is 1850. The van der Waals surface area contributed by atoms with Gasteiger partial charge < -0.3 is 0 Å². The van der Waals surface area contributed by atoms with Crippen molar-refractivity contribution in [1.82, 2.24) is 0 Å². The van der Waals surface area contributed by atoms with E-state index in [1.54, 1.807) is 0 Å². The fourth-order valence-electron chi connectivity index (χ4n) is 4.69. The standard InChI is InChI=1S/C34H16N2/c1-36-32-21-26(15-13-24-10-6-3-7-11-24)29-16-17-30-27(22-35)20-25(14-12-23-8-4-2-5-9-23)28-18-19-31(32)34(29)33(28)30/h2-11,16-21H. The fourth-order valence-corrected chi connectivity index (χ4v) is 4.69.